The third-order valence-corrected chi connectivity index (χ3v) is 2.23. The number of para-hydroxylation sites is 1. The Bertz CT molecular complexity index is 327. The van der Waals surface area contributed by atoms with E-state index in [2.05, 4.69) is 13.2 Å². The molecular formula is C12H12OS. The minimum absolute atomic E-state index is 0.828. The third kappa shape index (κ3) is 3.54. The predicted octanol–water partition coefficient (Wildman–Crippen LogP) is 3.97. The first-order valence-corrected chi connectivity index (χ1v) is 4.95. The molecule has 0 saturated carbocycles. The van der Waals surface area contributed by atoms with E-state index in [-0.39, 0.29) is 0 Å². The van der Waals surface area contributed by atoms with Crippen molar-refractivity contribution >= 4 is 12.0 Å². The summed E-state index contributed by atoms with van der Waals surface area (Å²) in [5.41, 5.74) is 0. The van der Waals surface area contributed by atoms with Crippen molar-refractivity contribution in [3.8, 4) is 5.75 Å². The monoisotopic (exact) mass is 204 g/mol. The zero-order valence-electron chi connectivity index (χ0n) is 7.85. The molecule has 0 aliphatic heterocycles. The van der Waals surface area contributed by atoms with Crippen LogP contribution in [0.2, 0.25) is 0 Å². The molecule has 0 aromatic heterocycles. The first-order chi connectivity index (χ1) is 6.86. The molecule has 0 aliphatic rings. The van der Waals surface area contributed by atoms with E-state index >= 15 is 0 Å². The molecule has 0 amide bonds. The maximum atomic E-state index is 5.44. The van der Waals surface area contributed by atoms with Crippen LogP contribution in [0, 0.1) is 0 Å². The van der Waals surface area contributed by atoms with Crippen molar-refractivity contribution < 1.29 is 4.18 Å². The number of rotatable bonds is 5. The zero-order valence-corrected chi connectivity index (χ0v) is 8.67. The molecule has 1 aromatic carbocycles. The maximum absolute atomic E-state index is 5.44. The van der Waals surface area contributed by atoms with Crippen molar-refractivity contribution in [3.63, 3.8) is 0 Å². The highest BCUT2D eigenvalue weighted by Crippen LogP contribution is 2.22. The van der Waals surface area contributed by atoms with Gasteiger partial charge < -0.3 is 4.18 Å². The predicted molar refractivity (Wildman–Crippen MR) is 63.1 cm³/mol. The molecule has 0 radical (unpaired) electrons. The van der Waals surface area contributed by atoms with Gasteiger partial charge in [0.05, 0.1) is 12.0 Å². The van der Waals surface area contributed by atoms with Gasteiger partial charge in [0.2, 0.25) is 0 Å². The van der Waals surface area contributed by atoms with Crippen LogP contribution in [0.5, 0.6) is 5.75 Å². The van der Waals surface area contributed by atoms with Gasteiger partial charge in [0, 0.05) is 4.91 Å². The summed E-state index contributed by atoms with van der Waals surface area (Å²) in [6, 6.07) is 9.62. The van der Waals surface area contributed by atoms with Crippen molar-refractivity contribution in [1.82, 2.24) is 0 Å². The number of benzene rings is 1. The molecule has 14 heavy (non-hydrogen) atoms. The Kier molecular flexibility index (Phi) is 4.65. The fourth-order valence-corrected chi connectivity index (χ4v) is 1.34. The molecule has 0 unspecified atom stereocenters. The number of hydrogen-bond donors (Lipinski definition) is 0. The van der Waals surface area contributed by atoms with Gasteiger partial charge in [0.1, 0.15) is 5.75 Å². The smallest absolute Gasteiger partial charge is 0.137 e. The minimum atomic E-state index is 0.828. The molecule has 0 N–H and O–H groups in total. The Morgan fingerprint density at radius 2 is 1.93 bits per heavy atom. The average Bonchev–Trinajstić information content (AvgIpc) is 2.25. The minimum Gasteiger partial charge on any atom is -0.421 e. The average molecular weight is 204 g/mol. The van der Waals surface area contributed by atoms with E-state index in [1.54, 1.807) is 12.2 Å². The largest absolute Gasteiger partial charge is 0.421 e. The number of allylic oxidation sites excluding steroid dienone is 3. The van der Waals surface area contributed by atoms with Crippen LogP contribution >= 0.6 is 12.0 Å². The third-order valence-electron chi connectivity index (χ3n) is 1.46. The van der Waals surface area contributed by atoms with Crippen LogP contribution in [-0.2, 0) is 0 Å². The standard InChI is InChI=1S/C12H12OS/c1-3-8-12(4-2)14-13-11-9-6-5-7-10-11/h3-10H,1-2H2/b12-8+. The molecule has 0 fully saturated rings. The fourth-order valence-electron chi connectivity index (χ4n) is 0.818. The summed E-state index contributed by atoms with van der Waals surface area (Å²) in [4.78, 5) is 0.934. The van der Waals surface area contributed by atoms with E-state index in [0.717, 1.165) is 10.7 Å². The molecule has 0 bridgehead atoms. The Labute approximate surface area is 89.0 Å². The Morgan fingerprint density at radius 3 is 2.50 bits per heavy atom. The summed E-state index contributed by atoms with van der Waals surface area (Å²) in [7, 11) is 0. The number of hydrogen-bond acceptors (Lipinski definition) is 2. The van der Waals surface area contributed by atoms with E-state index in [9.17, 15) is 0 Å². The summed E-state index contributed by atoms with van der Waals surface area (Å²) in [5, 5.41) is 0. The van der Waals surface area contributed by atoms with Gasteiger partial charge >= 0.3 is 0 Å². The van der Waals surface area contributed by atoms with Crippen LogP contribution in [0.3, 0.4) is 0 Å². The molecule has 0 saturated heterocycles. The summed E-state index contributed by atoms with van der Waals surface area (Å²) in [6.45, 7) is 7.29. The van der Waals surface area contributed by atoms with Gasteiger partial charge in [-0.25, -0.2) is 0 Å². The second kappa shape index (κ2) is 6.11. The van der Waals surface area contributed by atoms with Crippen LogP contribution in [0.4, 0.5) is 0 Å². The molecule has 0 aliphatic carbocycles. The molecule has 0 heterocycles. The molecule has 72 valence electrons. The lowest BCUT2D eigenvalue weighted by Gasteiger charge is -2.02. The van der Waals surface area contributed by atoms with Gasteiger partial charge in [-0.3, -0.25) is 0 Å². The van der Waals surface area contributed by atoms with E-state index in [0.29, 0.717) is 0 Å². The van der Waals surface area contributed by atoms with E-state index in [4.69, 9.17) is 4.18 Å². The second-order valence-electron chi connectivity index (χ2n) is 2.49. The summed E-state index contributed by atoms with van der Waals surface area (Å²) < 4.78 is 5.44. The van der Waals surface area contributed by atoms with Gasteiger partial charge in [0.15, 0.2) is 0 Å². The first-order valence-electron chi connectivity index (χ1n) is 4.21. The Morgan fingerprint density at radius 1 is 1.21 bits per heavy atom. The van der Waals surface area contributed by atoms with Gasteiger partial charge in [0.25, 0.3) is 0 Å². The van der Waals surface area contributed by atoms with Crippen LogP contribution in [0.25, 0.3) is 0 Å². The maximum Gasteiger partial charge on any atom is 0.137 e. The molecule has 0 spiro atoms. The van der Waals surface area contributed by atoms with E-state index < -0.39 is 0 Å². The summed E-state index contributed by atoms with van der Waals surface area (Å²) >= 11 is 1.27. The quantitative estimate of drug-likeness (QED) is 0.530. The van der Waals surface area contributed by atoms with E-state index in [1.165, 1.54) is 12.0 Å². The molecule has 0 atom stereocenters. The SMILES string of the molecule is C=C/C=C(\C=C)SOc1ccccc1. The normalized spacial score (nSPS) is 10.7. The zero-order chi connectivity index (χ0) is 10.2. The fraction of sp³-hybridized carbons (Fsp3) is 0. The van der Waals surface area contributed by atoms with Gasteiger partial charge in [-0.1, -0.05) is 43.5 Å². The van der Waals surface area contributed by atoms with Crippen molar-refractivity contribution in [2.24, 2.45) is 0 Å². The lowest BCUT2D eigenvalue weighted by molar-refractivity contribution is 0.651. The molecule has 1 nitrogen and oxygen atoms in total. The van der Waals surface area contributed by atoms with Gasteiger partial charge in [-0.05, 0) is 18.2 Å². The highest BCUT2D eigenvalue weighted by molar-refractivity contribution is 7.99. The van der Waals surface area contributed by atoms with Crippen molar-refractivity contribution in [2.75, 3.05) is 0 Å². The molecule has 2 heteroatoms. The van der Waals surface area contributed by atoms with Gasteiger partial charge in [-0.2, -0.15) is 0 Å². The lowest BCUT2D eigenvalue weighted by atomic mass is 10.3. The van der Waals surface area contributed by atoms with E-state index in [1.807, 2.05) is 36.4 Å². The van der Waals surface area contributed by atoms with Crippen molar-refractivity contribution in [1.29, 1.82) is 0 Å². The topological polar surface area (TPSA) is 9.23 Å². The van der Waals surface area contributed by atoms with Crippen molar-refractivity contribution in [2.45, 2.75) is 0 Å². The lowest BCUT2D eigenvalue weighted by Crippen LogP contribution is -1.80. The Hall–Kier alpha value is -1.41. The van der Waals surface area contributed by atoms with Crippen LogP contribution in [-0.4, -0.2) is 0 Å². The highest BCUT2D eigenvalue weighted by atomic mass is 32.2. The summed E-state index contributed by atoms with van der Waals surface area (Å²) in [6.07, 6.45) is 5.29. The second-order valence-corrected chi connectivity index (χ2v) is 3.29. The molecule has 1 aromatic rings. The highest BCUT2D eigenvalue weighted by Gasteiger charge is 1.95. The van der Waals surface area contributed by atoms with Crippen LogP contribution in [0.15, 0.2) is 66.6 Å². The van der Waals surface area contributed by atoms with Crippen LogP contribution < -0.4 is 4.18 Å². The van der Waals surface area contributed by atoms with Crippen LogP contribution in [0.1, 0.15) is 0 Å². The van der Waals surface area contributed by atoms with Crippen molar-refractivity contribution in [3.05, 3.63) is 66.6 Å². The van der Waals surface area contributed by atoms with Gasteiger partial charge in [-0.15, -0.1) is 0 Å². The Balaban J connectivity index is 2.52. The summed E-state index contributed by atoms with van der Waals surface area (Å²) in [5.74, 6) is 0.828. The molecular weight excluding hydrogens is 192 g/mol. The first kappa shape index (κ1) is 10.7. The molecule has 1 rings (SSSR count).